The molecule has 56 heavy (non-hydrogen) atoms. The summed E-state index contributed by atoms with van der Waals surface area (Å²) in [5, 5.41) is 7.36. The Kier molecular flexibility index (Phi) is 6.62. The van der Waals surface area contributed by atoms with E-state index in [2.05, 4.69) is 217 Å². The Labute approximate surface area is 325 Å². The zero-order valence-corrected chi connectivity index (χ0v) is 30.7. The number of nitrogens with zero attached hydrogens (tertiary/aromatic N) is 1. The lowest BCUT2D eigenvalue weighted by atomic mass is 9.70. The topological polar surface area (TPSA) is 4.93 Å². The molecule has 1 nitrogen and oxygen atoms in total. The molecular weight excluding hydrogens is 675 g/mol. The van der Waals surface area contributed by atoms with Crippen LogP contribution < -0.4 is 0 Å². The zero-order chi connectivity index (χ0) is 36.8. The van der Waals surface area contributed by atoms with Gasteiger partial charge in [-0.2, -0.15) is 0 Å². The Hall–Kier alpha value is -7.22. The van der Waals surface area contributed by atoms with Gasteiger partial charge in [0, 0.05) is 16.5 Å². The van der Waals surface area contributed by atoms with E-state index < -0.39 is 0 Å². The van der Waals surface area contributed by atoms with Gasteiger partial charge in [0.05, 0.1) is 16.4 Å². The molecular formula is C55H35N. The summed E-state index contributed by atoms with van der Waals surface area (Å²) < 4.78 is 2.45. The molecule has 1 aromatic heterocycles. The third kappa shape index (κ3) is 4.20. The van der Waals surface area contributed by atoms with Crippen molar-refractivity contribution in [1.29, 1.82) is 0 Å². The van der Waals surface area contributed by atoms with Crippen molar-refractivity contribution in [2.75, 3.05) is 0 Å². The van der Waals surface area contributed by atoms with Gasteiger partial charge in [0.15, 0.2) is 0 Å². The van der Waals surface area contributed by atoms with Gasteiger partial charge in [0.1, 0.15) is 0 Å². The number of hydrogen-bond donors (Lipinski definition) is 0. The molecule has 10 aromatic rings. The van der Waals surface area contributed by atoms with Crippen LogP contribution in [0.2, 0.25) is 0 Å². The summed E-state index contributed by atoms with van der Waals surface area (Å²) in [6.07, 6.45) is 0. The van der Waals surface area contributed by atoms with Gasteiger partial charge in [-0.15, -0.1) is 0 Å². The molecule has 2 aliphatic carbocycles. The first kappa shape index (κ1) is 31.2. The number of rotatable bonds is 2. The van der Waals surface area contributed by atoms with Crippen molar-refractivity contribution in [2.24, 2.45) is 0 Å². The van der Waals surface area contributed by atoms with E-state index >= 15 is 0 Å². The van der Waals surface area contributed by atoms with Crippen molar-refractivity contribution in [3.63, 3.8) is 0 Å². The summed E-state index contributed by atoms with van der Waals surface area (Å²) >= 11 is 0. The quantitative estimate of drug-likeness (QED) is 0.168. The molecule has 0 N–H and O–H groups in total. The van der Waals surface area contributed by atoms with Gasteiger partial charge in [0.25, 0.3) is 0 Å². The maximum Gasteiger partial charge on any atom is 0.0725 e. The fourth-order valence-electron chi connectivity index (χ4n) is 10.2. The van der Waals surface area contributed by atoms with E-state index in [9.17, 15) is 0 Å². The molecule has 1 spiro atoms. The largest absolute Gasteiger partial charge is 0.309 e. The van der Waals surface area contributed by atoms with Gasteiger partial charge in [-0.3, -0.25) is 0 Å². The average Bonchev–Trinajstić information content (AvgIpc) is 3.75. The molecule has 0 amide bonds. The predicted octanol–water partition coefficient (Wildman–Crippen LogP) is 14.2. The van der Waals surface area contributed by atoms with E-state index in [0.717, 1.165) is 16.7 Å². The first-order valence-corrected chi connectivity index (χ1v) is 19.5. The molecule has 0 unspecified atom stereocenters. The normalized spacial score (nSPS) is 13.1. The lowest BCUT2D eigenvalue weighted by Crippen LogP contribution is -2.25. The Morgan fingerprint density at radius 2 is 0.625 bits per heavy atom. The van der Waals surface area contributed by atoms with E-state index in [0.29, 0.717) is 0 Å². The number of benzene rings is 9. The highest BCUT2D eigenvalue weighted by Crippen LogP contribution is 2.63. The van der Waals surface area contributed by atoms with Gasteiger partial charge in [-0.05, 0) is 108 Å². The second-order valence-corrected chi connectivity index (χ2v) is 15.2. The molecule has 0 saturated heterocycles. The summed E-state index contributed by atoms with van der Waals surface area (Å²) in [6, 6.07) is 78.9. The Balaban J connectivity index is 1.10. The highest BCUT2D eigenvalue weighted by atomic mass is 15.0. The molecule has 0 saturated carbocycles. The fraction of sp³-hybridized carbons (Fsp3) is 0.0182. The summed E-state index contributed by atoms with van der Waals surface area (Å²) in [6.45, 7) is 0. The van der Waals surface area contributed by atoms with E-state index in [1.54, 1.807) is 0 Å². The standard InChI is InChI=1S/C55H35N/c1-3-17-41-39(15-1)40-16-2-4-18-42(40)48-23-9-14-28-54(48)56(53-27-13-8-22-47(41)53)38-32-29-36(30-33-38)37-31-34-46-45-21-7-12-26-51(45)55(52(46)35-37)49-24-10-5-19-43(49)44-20-6-11-25-50(44)55/h1-35H. The summed E-state index contributed by atoms with van der Waals surface area (Å²) in [5.74, 6) is 0. The van der Waals surface area contributed by atoms with Crippen molar-refractivity contribution >= 4 is 43.4 Å². The number of hydrogen-bond acceptors (Lipinski definition) is 0. The van der Waals surface area contributed by atoms with E-state index in [-0.39, 0.29) is 5.41 Å². The SMILES string of the molecule is c1ccc2c(c1)-c1ccccc1C21c2ccccc2-c2ccc(-c3ccc(-n4c5ccccc5c5ccccc5c5ccccc5c5ccccc54)cc3)cc21. The maximum atomic E-state index is 2.47. The van der Waals surface area contributed by atoms with Crippen LogP contribution in [0.3, 0.4) is 0 Å². The van der Waals surface area contributed by atoms with Gasteiger partial charge >= 0.3 is 0 Å². The number of aromatic nitrogens is 1. The Morgan fingerprint density at radius 1 is 0.268 bits per heavy atom. The van der Waals surface area contributed by atoms with Crippen LogP contribution in [0.5, 0.6) is 0 Å². The van der Waals surface area contributed by atoms with Gasteiger partial charge in [-0.1, -0.05) is 182 Å². The van der Waals surface area contributed by atoms with Crippen LogP contribution in [-0.2, 0) is 5.41 Å². The van der Waals surface area contributed by atoms with Crippen LogP contribution in [0.15, 0.2) is 212 Å². The monoisotopic (exact) mass is 709 g/mol. The van der Waals surface area contributed by atoms with Crippen LogP contribution in [0, 0.1) is 0 Å². The fourth-order valence-corrected chi connectivity index (χ4v) is 10.2. The molecule has 260 valence electrons. The molecule has 9 aromatic carbocycles. The van der Waals surface area contributed by atoms with Crippen molar-refractivity contribution < 1.29 is 0 Å². The van der Waals surface area contributed by atoms with Crippen LogP contribution >= 0.6 is 0 Å². The molecule has 2 aliphatic rings. The summed E-state index contributed by atoms with van der Waals surface area (Å²) in [4.78, 5) is 0. The molecule has 0 bridgehead atoms. The minimum absolute atomic E-state index is 0.363. The smallest absolute Gasteiger partial charge is 0.0725 e. The van der Waals surface area contributed by atoms with Crippen LogP contribution in [0.25, 0.3) is 82.4 Å². The van der Waals surface area contributed by atoms with Crippen LogP contribution in [0.1, 0.15) is 22.3 Å². The van der Waals surface area contributed by atoms with E-state index in [4.69, 9.17) is 0 Å². The molecule has 0 radical (unpaired) electrons. The van der Waals surface area contributed by atoms with Crippen molar-refractivity contribution in [3.8, 4) is 39.1 Å². The average molecular weight is 710 g/mol. The molecule has 0 fully saturated rings. The molecule has 1 heteroatoms. The summed E-state index contributed by atoms with van der Waals surface area (Å²) in [7, 11) is 0. The van der Waals surface area contributed by atoms with Crippen molar-refractivity contribution in [1.82, 2.24) is 4.57 Å². The van der Waals surface area contributed by atoms with E-state index in [1.165, 1.54) is 88.0 Å². The van der Waals surface area contributed by atoms with Crippen LogP contribution in [0.4, 0.5) is 0 Å². The molecule has 0 aliphatic heterocycles. The molecule has 0 atom stereocenters. The van der Waals surface area contributed by atoms with Gasteiger partial charge in [0.2, 0.25) is 0 Å². The lowest BCUT2D eigenvalue weighted by Gasteiger charge is -2.30. The summed E-state index contributed by atoms with van der Waals surface area (Å²) in [5.41, 5.74) is 16.3. The second-order valence-electron chi connectivity index (χ2n) is 15.2. The maximum absolute atomic E-state index is 2.47. The second kappa shape index (κ2) is 11.9. The minimum atomic E-state index is -0.363. The molecule has 12 rings (SSSR count). The van der Waals surface area contributed by atoms with E-state index in [1.807, 2.05) is 0 Å². The van der Waals surface area contributed by atoms with Crippen molar-refractivity contribution in [2.45, 2.75) is 5.41 Å². The van der Waals surface area contributed by atoms with Gasteiger partial charge in [-0.25, -0.2) is 0 Å². The zero-order valence-electron chi connectivity index (χ0n) is 30.7. The van der Waals surface area contributed by atoms with Crippen LogP contribution in [-0.4, -0.2) is 4.57 Å². The van der Waals surface area contributed by atoms with Crippen molar-refractivity contribution in [3.05, 3.63) is 235 Å². The molecule has 1 heterocycles. The number of fused-ring (bicyclic) bond motifs is 17. The third-order valence-electron chi connectivity index (χ3n) is 12.5. The minimum Gasteiger partial charge on any atom is -0.309 e. The first-order chi connectivity index (χ1) is 27.8. The highest BCUT2D eigenvalue weighted by molar-refractivity contribution is 6.19. The highest BCUT2D eigenvalue weighted by Gasteiger charge is 2.51. The lowest BCUT2D eigenvalue weighted by molar-refractivity contribution is 0.794. The third-order valence-corrected chi connectivity index (χ3v) is 12.5. The first-order valence-electron chi connectivity index (χ1n) is 19.5. The number of para-hydroxylation sites is 2. The van der Waals surface area contributed by atoms with Gasteiger partial charge < -0.3 is 4.57 Å². The Bertz CT molecular complexity index is 3140. The Morgan fingerprint density at radius 3 is 1.11 bits per heavy atom. The predicted molar refractivity (Wildman–Crippen MR) is 235 cm³/mol.